The van der Waals surface area contributed by atoms with Crippen molar-refractivity contribution >= 4 is 6.09 Å². The van der Waals surface area contributed by atoms with Crippen LogP contribution in [0.5, 0.6) is 0 Å². The molecule has 1 unspecified atom stereocenters. The van der Waals surface area contributed by atoms with E-state index in [0.717, 1.165) is 12.8 Å². The molecule has 0 rings (SSSR count). The molecule has 4 nitrogen and oxygen atoms in total. The summed E-state index contributed by atoms with van der Waals surface area (Å²) in [5, 5.41) is 0. The van der Waals surface area contributed by atoms with Crippen LogP contribution in [0.1, 0.15) is 54.4 Å². The number of amides is 1. The number of carbonyl (C=O) groups excluding carboxylic acids is 1. The molecule has 102 valence electrons. The lowest BCUT2D eigenvalue weighted by Crippen LogP contribution is -2.41. The summed E-state index contributed by atoms with van der Waals surface area (Å²) in [7, 11) is 0. The molecule has 0 heterocycles. The minimum Gasteiger partial charge on any atom is -0.444 e. The van der Waals surface area contributed by atoms with Crippen LogP contribution in [0.2, 0.25) is 0 Å². The summed E-state index contributed by atoms with van der Waals surface area (Å²) < 4.78 is 5.37. The first-order valence-electron chi connectivity index (χ1n) is 6.38. The van der Waals surface area contributed by atoms with Gasteiger partial charge in [-0.05, 0) is 54.4 Å². The number of hydrogen-bond donors (Lipinski definition) is 1. The normalized spacial score (nSPS) is 13.6. The summed E-state index contributed by atoms with van der Waals surface area (Å²) in [6.45, 7) is 12.3. The van der Waals surface area contributed by atoms with Crippen molar-refractivity contribution in [3.8, 4) is 0 Å². The maximum absolute atomic E-state index is 11.9. The second-order valence-corrected chi connectivity index (χ2v) is 5.89. The van der Waals surface area contributed by atoms with Crippen LogP contribution in [0.3, 0.4) is 0 Å². The Morgan fingerprint density at radius 2 is 1.82 bits per heavy atom. The Morgan fingerprint density at radius 1 is 1.29 bits per heavy atom. The Morgan fingerprint density at radius 3 is 2.18 bits per heavy atom. The number of rotatable bonds is 5. The van der Waals surface area contributed by atoms with E-state index >= 15 is 0 Å². The molecule has 0 fully saturated rings. The molecular formula is C13H28N2O2. The third-order valence-electron chi connectivity index (χ3n) is 2.31. The van der Waals surface area contributed by atoms with Crippen molar-refractivity contribution in [3.63, 3.8) is 0 Å². The van der Waals surface area contributed by atoms with Crippen molar-refractivity contribution in [3.05, 3.63) is 0 Å². The first kappa shape index (κ1) is 16.2. The van der Waals surface area contributed by atoms with Gasteiger partial charge >= 0.3 is 6.09 Å². The molecular weight excluding hydrogens is 216 g/mol. The minimum atomic E-state index is -0.439. The molecule has 17 heavy (non-hydrogen) atoms. The Hall–Kier alpha value is -0.770. The van der Waals surface area contributed by atoms with Crippen LogP contribution in [0.25, 0.3) is 0 Å². The molecule has 0 aromatic rings. The van der Waals surface area contributed by atoms with Crippen molar-refractivity contribution in [1.29, 1.82) is 0 Å². The van der Waals surface area contributed by atoms with E-state index in [1.54, 1.807) is 4.90 Å². The molecule has 1 amide bonds. The summed E-state index contributed by atoms with van der Waals surface area (Å²) in [5.74, 6) is 0. The predicted molar refractivity (Wildman–Crippen MR) is 71.0 cm³/mol. The molecule has 0 saturated heterocycles. The highest BCUT2D eigenvalue weighted by Crippen LogP contribution is 2.12. The van der Waals surface area contributed by atoms with Gasteiger partial charge in [-0.3, -0.25) is 0 Å². The fourth-order valence-corrected chi connectivity index (χ4v) is 1.46. The largest absolute Gasteiger partial charge is 0.444 e. The molecule has 0 aliphatic carbocycles. The molecule has 1 atom stereocenters. The van der Waals surface area contributed by atoms with E-state index < -0.39 is 5.60 Å². The van der Waals surface area contributed by atoms with Crippen molar-refractivity contribution in [2.24, 2.45) is 5.73 Å². The molecule has 0 saturated carbocycles. The van der Waals surface area contributed by atoms with Crippen LogP contribution < -0.4 is 5.73 Å². The molecule has 2 N–H and O–H groups in total. The van der Waals surface area contributed by atoms with Gasteiger partial charge in [-0.2, -0.15) is 0 Å². The topological polar surface area (TPSA) is 55.6 Å². The monoisotopic (exact) mass is 244 g/mol. The fourth-order valence-electron chi connectivity index (χ4n) is 1.46. The third kappa shape index (κ3) is 8.02. The van der Waals surface area contributed by atoms with Crippen LogP contribution in [0, 0.1) is 0 Å². The Balaban J connectivity index is 4.28. The van der Waals surface area contributed by atoms with Gasteiger partial charge in [0.15, 0.2) is 0 Å². The summed E-state index contributed by atoms with van der Waals surface area (Å²) in [6, 6.07) is 0.334. The van der Waals surface area contributed by atoms with Gasteiger partial charge < -0.3 is 15.4 Å². The van der Waals surface area contributed by atoms with Gasteiger partial charge in [0, 0.05) is 18.6 Å². The maximum Gasteiger partial charge on any atom is 0.410 e. The second-order valence-electron chi connectivity index (χ2n) is 5.89. The first-order valence-corrected chi connectivity index (χ1v) is 6.38. The molecule has 0 aliphatic heterocycles. The van der Waals surface area contributed by atoms with Crippen LogP contribution in [-0.2, 0) is 4.74 Å². The van der Waals surface area contributed by atoms with Crippen LogP contribution in [0.4, 0.5) is 4.79 Å². The van der Waals surface area contributed by atoms with E-state index in [1.807, 2.05) is 41.5 Å². The Labute approximate surface area is 105 Å². The average Bonchev–Trinajstić information content (AvgIpc) is 2.07. The molecule has 0 aromatic heterocycles. The fraction of sp³-hybridized carbons (Fsp3) is 0.923. The summed E-state index contributed by atoms with van der Waals surface area (Å²) >= 11 is 0. The first-order chi connectivity index (χ1) is 7.63. The van der Waals surface area contributed by atoms with Crippen LogP contribution in [0.15, 0.2) is 0 Å². The summed E-state index contributed by atoms with van der Waals surface area (Å²) in [6.07, 6.45) is 1.60. The lowest BCUT2D eigenvalue weighted by Gasteiger charge is -2.30. The molecule has 0 radical (unpaired) electrons. The molecule has 0 aliphatic rings. The summed E-state index contributed by atoms with van der Waals surface area (Å²) in [5.41, 5.74) is 5.26. The van der Waals surface area contributed by atoms with E-state index in [1.165, 1.54) is 0 Å². The highest BCUT2D eigenvalue weighted by molar-refractivity contribution is 5.68. The van der Waals surface area contributed by atoms with Crippen molar-refractivity contribution < 1.29 is 9.53 Å². The zero-order valence-corrected chi connectivity index (χ0v) is 12.1. The number of nitrogens with zero attached hydrogens (tertiary/aromatic N) is 1. The highest BCUT2D eigenvalue weighted by atomic mass is 16.6. The quantitative estimate of drug-likeness (QED) is 0.809. The van der Waals surface area contributed by atoms with E-state index in [0.29, 0.717) is 6.54 Å². The van der Waals surface area contributed by atoms with Gasteiger partial charge in [0.25, 0.3) is 0 Å². The number of ether oxygens (including phenoxy) is 1. The molecule has 0 spiro atoms. The third-order valence-corrected chi connectivity index (χ3v) is 2.31. The molecule has 4 heteroatoms. The van der Waals surface area contributed by atoms with Crippen molar-refractivity contribution in [1.82, 2.24) is 4.90 Å². The molecule has 0 aromatic carbocycles. The number of carbonyl (C=O) groups is 1. The van der Waals surface area contributed by atoms with E-state index in [9.17, 15) is 4.79 Å². The van der Waals surface area contributed by atoms with E-state index in [2.05, 4.69) is 0 Å². The predicted octanol–water partition coefficient (Wildman–Crippen LogP) is 2.76. The van der Waals surface area contributed by atoms with E-state index in [4.69, 9.17) is 10.5 Å². The Bertz CT molecular complexity index is 232. The number of hydrogen-bond acceptors (Lipinski definition) is 3. The average molecular weight is 244 g/mol. The smallest absolute Gasteiger partial charge is 0.410 e. The van der Waals surface area contributed by atoms with Gasteiger partial charge in [0.05, 0.1) is 0 Å². The lowest BCUT2D eigenvalue weighted by atomic mass is 10.2. The standard InChI is InChI=1S/C13H28N2O2/c1-10(2)15(9-7-8-11(3)14)12(16)17-13(4,5)6/h10-11H,7-9,14H2,1-6H3. The maximum atomic E-state index is 11.9. The highest BCUT2D eigenvalue weighted by Gasteiger charge is 2.23. The van der Waals surface area contributed by atoms with Gasteiger partial charge in [-0.1, -0.05) is 0 Å². The van der Waals surface area contributed by atoms with Gasteiger partial charge in [-0.25, -0.2) is 4.79 Å². The van der Waals surface area contributed by atoms with Crippen molar-refractivity contribution in [2.75, 3.05) is 6.54 Å². The second kappa shape index (κ2) is 6.84. The molecule has 0 bridgehead atoms. The van der Waals surface area contributed by atoms with Crippen molar-refractivity contribution in [2.45, 2.75) is 72.1 Å². The van der Waals surface area contributed by atoms with Crippen LogP contribution in [-0.4, -0.2) is 35.2 Å². The zero-order chi connectivity index (χ0) is 13.6. The van der Waals surface area contributed by atoms with Gasteiger partial charge in [0.1, 0.15) is 5.60 Å². The summed E-state index contributed by atoms with van der Waals surface area (Å²) in [4.78, 5) is 13.7. The Kier molecular flexibility index (Phi) is 6.53. The SMILES string of the molecule is CC(N)CCCN(C(=O)OC(C)(C)C)C(C)C. The minimum absolute atomic E-state index is 0.151. The van der Waals surface area contributed by atoms with Gasteiger partial charge in [0.2, 0.25) is 0 Å². The lowest BCUT2D eigenvalue weighted by molar-refractivity contribution is 0.0187. The van der Waals surface area contributed by atoms with E-state index in [-0.39, 0.29) is 18.2 Å². The van der Waals surface area contributed by atoms with Crippen LogP contribution >= 0.6 is 0 Å². The van der Waals surface area contributed by atoms with Gasteiger partial charge in [-0.15, -0.1) is 0 Å². The zero-order valence-electron chi connectivity index (χ0n) is 12.1. The number of nitrogens with two attached hydrogens (primary N) is 1.